The van der Waals surface area contributed by atoms with E-state index in [2.05, 4.69) is 21.2 Å². The first-order valence-corrected chi connectivity index (χ1v) is 8.47. The number of likely N-dealkylation sites (tertiary alicyclic amines) is 1. The molecule has 1 aliphatic rings. The van der Waals surface area contributed by atoms with Crippen LogP contribution in [0.1, 0.15) is 12.0 Å². The molecule has 0 saturated carbocycles. The molecular formula is C17H15BrFN3O3. The summed E-state index contributed by atoms with van der Waals surface area (Å²) in [5.41, 5.74) is 1.48. The highest BCUT2D eigenvalue weighted by atomic mass is 79.9. The molecule has 1 aliphatic heterocycles. The molecule has 1 heterocycles. The summed E-state index contributed by atoms with van der Waals surface area (Å²) in [4.78, 5) is 24.6. The van der Waals surface area contributed by atoms with Gasteiger partial charge in [-0.2, -0.15) is 0 Å². The number of nitrogens with zero attached hydrogens (tertiary/aromatic N) is 2. The van der Waals surface area contributed by atoms with E-state index in [0.29, 0.717) is 29.7 Å². The summed E-state index contributed by atoms with van der Waals surface area (Å²) < 4.78 is 13.5. The average molecular weight is 408 g/mol. The molecule has 1 N–H and O–H groups in total. The zero-order valence-corrected chi connectivity index (χ0v) is 14.7. The van der Waals surface area contributed by atoms with Crippen LogP contribution in [0.25, 0.3) is 0 Å². The molecule has 2 aromatic rings. The highest BCUT2D eigenvalue weighted by Gasteiger charge is 2.31. The van der Waals surface area contributed by atoms with Gasteiger partial charge in [0.05, 0.1) is 4.92 Å². The second-order valence-corrected chi connectivity index (χ2v) is 6.65. The van der Waals surface area contributed by atoms with Gasteiger partial charge in [-0.05, 0) is 46.1 Å². The summed E-state index contributed by atoms with van der Waals surface area (Å²) in [6, 6.07) is 10.1. The number of hydrogen-bond donors (Lipinski definition) is 1. The number of benzene rings is 2. The van der Waals surface area contributed by atoms with E-state index in [0.717, 1.165) is 5.56 Å². The quantitative estimate of drug-likeness (QED) is 0.605. The van der Waals surface area contributed by atoms with Crippen molar-refractivity contribution in [1.82, 2.24) is 4.90 Å². The fourth-order valence-electron chi connectivity index (χ4n) is 2.76. The Morgan fingerprint density at radius 2 is 2.00 bits per heavy atom. The van der Waals surface area contributed by atoms with Crippen LogP contribution in [0.5, 0.6) is 0 Å². The van der Waals surface area contributed by atoms with Gasteiger partial charge in [-0.25, -0.2) is 4.39 Å². The number of non-ortho nitro benzene ring substituents is 1. The van der Waals surface area contributed by atoms with Gasteiger partial charge in [-0.3, -0.25) is 14.9 Å². The molecule has 0 spiro atoms. The molecule has 6 nitrogen and oxygen atoms in total. The van der Waals surface area contributed by atoms with Gasteiger partial charge in [0.25, 0.3) is 5.69 Å². The minimum Gasteiger partial charge on any atom is -0.373 e. The molecule has 1 unspecified atom stereocenters. The summed E-state index contributed by atoms with van der Waals surface area (Å²) >= 11 is 3.29. The van der Waals surface area contributed by atoms with Crippen LogP contribution in [-0.2, 0) is 11.3 Å². The molecule has 1 atom stereocenters. The zero-order valence-electron chi connectivity index (χ0n) is 13.1. The number of amides is 1. The maximum Gasteiger partial charge on any atom is 0.270 e. The molecule has 130 valence electrons. The van der Waals surface area contributed by atoms with Crippen molar-refractivity contribution in [1.29, 1.82) is 0 Å². The molecule has 1 amide bonds. The van der Waals surface area contributed by atoms with Crippen molar-refractivity contribution in [2.45, 2.75) is 19.0 Å². The van der Waals surface area contributed by atoms with E-state index in [9.17, 15) is 19.3 Å². The number of carbonyl (C=O) groups excluding carboxylic acids is 1. The Morgan fingerprint density at radius 3 is 2.64 bits per heavy atom. The Bertz CT molecular complexity index is 813. The first kappa shape index (κ1) is 17.3. The van der Waals surface area contributed by atoms with Gasteiger partial charge in [0.15, 0.2) is 0 Å². The van der Waals surface area contributed by atoms with Crippen molar-refractivity contribution in [3.05, 3.63) is 68.4 Å². The van der Waals surface area contributed by atoms with E-state index in [1.54, 1.807) is 23.1 Å². The third-order valence-electron chi connectivity index (χ3n) is 4.08. The molecule has 1 saturated heterocycles. The summed E-state index contributed by atoms with van der Waals surface area (Å²) in [5, 5.41) is 13.9. The van der Waals surface area contributed by atoms with Crippen molar-refractivity contribution in [2.24, 2.45) is 0 Å². The number of nitro benzene ring substituents is 1. The predicted molar refractivity (Wildman–Crippen MR) is 94.6 cm³/mol. The highest BCUT2D eigenvalue weighted by molar-refractivity contribution is 9.10. The van der Waals surface area contributed by atoms with Crippen molar-refractivity contribution in [2.75, 3.05) is 11.9 Å². The van der Waals surface area contributed by atoms with E-state index in [-0.39, 0.29) is 17.4 Å². The molecule has 0 radical (unpaired) electrons. The molecular weight excluding hydrogens is 393 g/mol. The smallest absolute Gasteiger partial charge is 0.270 e. The predicted octanol–water partition coefficient (Wildman–Crippen LogP) is 3.71. The van der Waals surface area contributed by atoms with Gasteiger partial charge in [0.1, 0.15) is 11.9 Å². The van der Waals surface area contributed by atoms with Crippen LogP contribution in [0.15, 0.2) is 46.9 Å². The van der Waals surface area contributed by atoms with Crippen LogP contribution in [0.2, 0.25) is 0 Å². The van der Waals surface area contributed by atoms with E-state index in [4.69, 9.17) is 0 Å². The van der Waals surface area contributed by atoms with Crippen molar-refractivity contribution < 1.29 is 14.1 Å². The largest absolute Gasteiger partial charge is 0.373 e. The molecule has 0 bridgehead atoms. The molecule has 1 fully saturated rings. The minimum atomic E-state index is -0.473. The van der Waals surface area contributed by atoms with Crippen molar-refractivity contribution >= 4 is 33.2 Å². The van der Waals surface area contributed by atoms with Gasteiger partial charge < -0.3 is 10.2 Å². The monoisotopic (exact) mass is 407 g/mol. The molecule has 2 aromatic carbocycles. The molecule has 8 heteroatoms. The number of carbonyl (C=O) groups is 1. The Labute approximate surface area is 151 Å². The Kier molecular flexibility index (Phi) is 4.98. The van der Waals surface area contributed by atoms with Gasteiger partial charge in [-0.15, -0.1) is 0 Å². The second kappa shape index (κ2) is 7.18. The first-order valence-electron chi connectivity index (χ1n) is 7.68. The van der Waals surface area contributed by atoms with Crippen molar-refractivity contribution in [3.63, 3.8) is 0 Å². The lowest BCUT2D eigenvalue weighted by Crippen LogP contribution is -2.33. The molecule has 0 aromatic heterocycles. The lowest BCUT2D eigenvalue weighted by Gasteiger charge is -2.18. The number of nitrogens with one attached hydrogen (secondary N) is 1. The SMILES string of the molecule is O=C1C(Nc2ccc([N+](=O)[O-])cc2Br)CCN1Cc1ccc(F)cc1. The number of anilines is 1. The topological polar surface area (TPSA) is 75.5 Å². The fraction of sp³-hybridized carbons (Fsp3) is 0.235. The standard InChI is InChI=1S/C17H15BrFN3O3/c18-14-9-13(22(24)25)5-6-15(14)20-16-7-8-21(17(16)23)10-11-1-3-12(19)4-2-11/h1-6,9,16,20H,7-8,10H2. The van der Waals surface area contributed by atoms with Gasteiger partial charge >= 0.3 is 0 Å². The van der Waals surface area contributed by atoms with Crippen molar-refractivity contribution in [3.8, 4) is 0 Å². The molecule has 25 heavy (non-hydrogen) atoms. The van der Waals surface area contributed by atoms with E-state index >= 15 is 0 Å². The number of halogens is 2. The maximum absolute atomic E-state index is 13.0. The zero-order chi connectivity index (χ0) is 18.0. The van der Waals surface area contributed by atoms with Gasteiger partial charge in [-0.1, -0.05) is 12.1 Å². The Balaban J connectivity index is 1.66. The minimum absolute atomic E-state index is 0.0203. The molecule has 3 rings (SSSR count). The summed E-state index contributed by atoms with van der Waals surface area (Å²) in [6.45, 7) is 1.03. The fourth-order valence-corrected chi connectivity index (χ4v) is 3.24. The van der Waals surface area contributed by atoms with Crippen LogP contribution in [0, 0.1) is 15.9 Å². The Morgan fingerprint density at radius 1 is 1.28 bits per heavy atom. The van der Waals surface area contributed by atoms with Crippen LogP contribution in [0.4, 0.5) is 15.8 Å². The van der Waals surface area contributed by atoms with E-state index in [1.807, 2.05) is 0 Å². The third kappa shape index (κ3) is 3.96. The van der Waals surface area contributed by atoms with Gasteiger partial charge in [0, 0.05) is 35.4 Å². The number of rotatable bonds is 5. The number of nitro groups is 1. The first-order chi connectivity index (χ1) is 11.9. The van der Waals surface area contributed by atoms with Gasteiger partial charge in [0.2, 0.25) is 5.91 Å². The Hall–Kier alpha value is -2.48. The second-order valence-electron chi connectivity index (χ2n) is 5.79. The lowest BCUT2D eigenvalue weighted by atomic mass is 10.2. The van der Waals surface area contributed by atoms with Crippen LogP contribution in [-0.4, -0.2) is 28.3 Å². The highest BCUT2D eigenvalue weighted by Crippen LogP contribution is 2.29. The summed E-state index contributed by atoms with van der Waals surface area (Å²) in [6.07, 6.45) is 0.628. The average Bonchev–Trinajstić information content (AvgIpc) is 2.92. The molecule has 0 aliphatic carbocycles. The van der Waals surface area contributed by atoms with E-state index in [1.165, 1.54) is 24.3 Å². The summed E-state index contributed by atoms with van der Waals surface area (Å²) in [7, 11) is 0. The maximum atomic E-state index is 13.0. The lowest BCUT2D eigenvalue weighted by molar-refractivity contribution is -0.384. The van der Waals surface area contributed by atoms with Crippen LogP contribution >= 0.6 is 15.9 Å². The number of hydrogen-bond acceptors (Lipinski definition) is 4. The van der Waals surface area contributed by atoms with Crippen LogP contribution < -0.4 is 5.32 Å². The third-order valence-corrected chi connectivity index (χ3v) is 4.73. The summed E-state index contributed by atoms with van der Waals surface area (Å²) in [5.74, 6) is -0.353. The van der Waals surface area contributed by atoms with E-state index < -0.39 is 11.0 Å². The van der Waals surface area contributed by atoms with Crippen LogP contribution in [0.3, 0.4) is 0 Å². The normalized spacial score (nSPS) is 17.0.